The zero-order valence-electron chi connectivity index (χ0n) is 15.3. The molecule has 0 saturated carbocycles. The summed E-state index contributed by atoms with van der Waals surface area (Å²) in [6, 6.07) is 9.72. The second-order valence-electron chi connectivity index (χ2n) is 6.95. The van der Waals surface area contributed by atoms with Crippen molar-refractivity contribution in [3.05, 3.63) is 52.9 Å². The zero-order valence-corrected chi connectivity index (χ0v) is 16.8. The average Bonchev–Trinajstić information content (AvgIpc) is 3.31. The number of thiocarbonyl (C=S) groups is 1. The summed E-state index contributed by atoms with van der Waals surface area (Å²) < 4.78 is 5.53. The largest absolute Gasteiger partial charge is 0.467 e. The van der Waals surface area contributed by atoms with Gasteiger partial charge in [-0.2, -0.15) is 0 Å². The van der Waals surface area contributed by atoms with E-state index < -0.39 is 0 Å². The van der Waals surface area contributed by atoms with Gasteiger partial charge in [0, 0.05) is 36.5 Å². The van der Waals surface area contributed by atoms with Gasteiger partial charge in [0.1, 0.15) is 5.76 Å². The van der Waals surface area contributed by atoms with Crippen LogP contribution >= 0.6 is 23.8 Å². The molecule has 1 aromatic heterocycles. The fraction of sp³-hybridized carbons (Fsp3) is 0.450. The number of hydrogen-bond acceptors (Lipinski definition) is 2. The summed E-state index contributed by atoms with van der Waals surface area (Å²) in [5.74, 6) is 0.922. The van der Waals surface area contributed by atoms with E-state index in [2.05, 4.69) is 17.1 Å². The van der Waals surface area contributed by atoms with E-state index in [0.29, 0.717) is 16.7 Å². The quantitative estimate of drug-likeness (QED) is 0.706. The van der Waals surface area contributed by atoms with Gasteiger partial charge in [-0.3, -0.25) is 0 Å². The number of nitrogens with one attached hydrogen (secondary N) is 2. The van der Waals surface area contributed by atoms with Gasteiger partial charge in [-0.15, -0.1) is 0 Å². The van der Waals surface area contributed by atoms with E-state index in [4.69, 9.17) is 28.2 Å². The lowest BCUT2D eigenvalue weighted by molar-refractivity contribution is -0.887. The number of quaternary nitrogens is 1. The van der Waals surface area contributed by atoms with Crippen LogP contribution in [0.5, 0.6) is 0 Å². The van der Waals surface area contributed by atoms with Crippen LogP contribution in [0.3, 0.4) is 0 Å². The van der Waals surface area contributed by atoms with Gasteiger partial charge in [0.15, 0.2) is 5.11 Å². The fourth-order valence-electron chi connectivity index (χ4n) is 3.41. The standard InChI is InChI=1S/C20H26ClN3OS/c1-16-7-8-17(21)14-19(16)22-20(26)24(15-18-6-4-13-25-18)12-5-11-23-9-2-3-10-23/h4,6-8,13-14H,2-3,5,9-12,15H2,1H3,(H,22,26)/p+1. The predicted octanol–water partition coefficient (Wildman–Crippen LogP) is 3.51. The highest BCUT2D eigenvalue weighted by Crippen LogP contribution is 2.21. The Balaban J connectivity index is 1.62. The van der Waals surface area contributed by atoms with Crippen molar-refractivity contribution in [1.29, 1.82) is 0 Å². The average molecular weight is 393 g/mol. The zero-order chi connectivity index (χ0) is 18.4. The van der Waals surface area contributed by atoms with Crippen molar-refractivity contribution in [3.63, 3.8) is 0 Å². The van der Waals surface area contributed by atoms with Crippen molar-refractivity contribution < 1.29 is 9.32 Å². The number of furan rings is 1. The molecule has 2 heterocycles. The molecule has 2 N–H and O–H groups in total. The van der Waals surface area contributed by atoms with E-state index >= 15 is 0 Å². The first kappa shape index (κ1) is 19.2. The van der Waals surface area contributed by atoms with Crippen LogP contribution in [-0.2, 0) is 6.54 Å². The highest BCUT2D eigenvalue weighted by atomic mass is 35.5. The van der Waals surface area contributed by atoms with Crippen molar-refractivity contribution in [3.8, 4) is 0 Å². The number of anilines is 1. The number of aryl methyl sites for hydroxylation is 1. The Kier molecular flexibility index (Phi) is 6.94. The number of benzene rings is 1. The maximum Gasteiger partial charge on any atom is 0.173 e. The molecular formula is C20H27ClN3OS+. The molecule has 0 unspecified atom stereocenters. The lowest BCUT2D eigenvalue weighted by Crippen LogP contribution is -3.10. The monoisotopic (exact) mass is 392 g/mol. The lowest BCUT2D eigenvalue weighted by Gasteiger charge is -2.26. The van der Waals surface area contributed by atoms with Crippen LogP contribution in [0.4, 0.5) is 5.69 Å². The molecule has 140 valence electrons. The van der Waals surface area contributed by atoms with Crippen LogP contribution in [0.15, 0.2) is 41.0 Å². The Morgan fingerprint density at radius 1 is 1.31 bits per heavy atom. The third-order valence-electron chi connectivity index (χ3n) is 4.92. The normalized spacial score (nSPS) is 14.5. The van der Waals surface area contributed by atoms with E-state index in [1.807, 2.05) is 30.3 Å². The Labute approximate surface area is 166 Å². The third-order valence-corrected chi connectivity index (χ3v) is 5.52. The molecule has 0 radical (unpaired) electrons. The van der Waals surface area contributed by atoms with Gasteiger partial charge in [0.05, 0.1) is 32.4 Å². The van der Waals surface area contributed by atoms with E-state index in [0.717, 1.165) is 30.0 Å². The number of rotatable bonds is 7. The van der Waals surface area contributed by atoms with Gasteiger partial charge in [-0.25, -0.2) is 0 Å². The minimum absolute atomic E-state index is 0.674. The van der Waals surface area contributed by atoms with E-state index in [9.17, 15) is 0 Å². The van der Waals surface area contributed by atoms with Crippen molar-refractivity contribution in [2.45, 2.75) is 32.7 Å². The minimum atomic E-state index is 0.674. The van der Waals surface area contributed by atoms with Crippen LogP contribution in [0, 0.1) is 6.92 Å². The molecular weight excluding hydrogens is 366 g/mol. The molecule has 2 aromatic rings. The van der Waals surface area contributed by atoms with Gasteiger partial charge in [-0.05, 0) is 49.0 Å². The number of halogens is 1. The van der Waals surface area contributed by atoms with Crippen molar-refractivity contribution in [1.82, 2.24) is 4.90 Å². The summed E-state index contributed by atoms with van der Waals surface area (Å²) in [6.07, 6.45) is 5.55. The van der Waals surface area contributed by atoms with Gasteiger partial charge in [0.2, 0.25) is 0 Å². The molecule has 1 fully saturated rings. The Bertz CT molecular complexity index is 714. The number of hydrogen-bond donors (Lipinski definition) is 2. The summed E-state index contributed by atoms with van der Waals surface area (Å²) in [7, 11) is 0. The van der Waals surface area contributed by atoms with Gasteiger partial charge >= 0.3 is 0 Å². The lowest BCUT2D eigenvalue weighted by atomic mass is 10.2. The molecule has 1 aliphatic rings. The van der Waals surface area contributed by atoms with Crippen molar-refractivity contribution >= 4 is 34.6 Å². The summed E-state index contributed by atoms with van der Waals surface area (Å²) in [5, 5.41) is 4.78. The number of nitrogens with zero attached hydrogens (tertiary/aromatic N) is 1. The summed E-state index contributed by atoms with van der Waals surface area (Å²) in [6.45, 7) is 7.46. The molecule has 1 aromatic carbocycles. The first-order valence-corrected chi connectivity index (χ1v) is 10.1. The SMILES string of the molecule is Cc1ccc(Cl)cc1NC(=S)N(CCC[NH+]1CCCC1)Cc1ccco1. The molecule has 26 heavy (non-hydrogen) atoms. The van der Waals surface area contributed by atoms with E-state index in [1.165, 1.54) is 32.5 Å². The minimum Gasteiger partial charge on any atom is -0.467 e. The van der Waals surface area contributed by atoms with Gasteiger partial charge < -0.3 is 19.5 Å². The molecule has 0 atom stereocenters. The Morgan fingerprint density at radius 3 is 2.85 bits per heavy atom. The van der Waals surface area contributed by atoms with Crippen LogP contribution in [0.25, 0.3) is 0 Å². The third kappa shape index (κ3) is 5.47. The van der Waals surface area contributed by atoms with Crippen LogP contribution in [0.2, 0.25) is 5.02 Å². The summed E-state index contributed by atoms with van der Waals surface area (Å²) in [4.78, 5) is 3.90. The topological polar surface area (TPSA) is 32.9 Å². The van der Waals surface area contributed by atoms with Gasteiger partial charge in [-0.1, -0.05) is 17.7 Å². The van der Waals surface area contributed by atoms with E-state index in [1.54, 1.807) is 11.2 Å². The van der Waals surface area contributed by atoms with Crippen LogP contribution in [-0.4, -0.2) is 36.2 Å². The summed E-state index contributed by atoms with van der Waals surface area (Å²) in [5.41, 5.74) is 2.08. The second-order valence-corrected chi connectivity index (χ2v) is 7.77. The fourth-order valence-corrected chi connectivity index (χ4v) is 3.85. The molecule has 0 amide bonds. The van der Waals surface area contributed by atoms with Crippen molar-refractivity contribution in [2.75, 3.05) is 31.5 Å². The van der Waals surface area contributed by atoms with Crippen LogP contribution in [0.1, 0.15) is 30.6 Å². The predicted molar refractivity (Wildman–Crippen MR) is 111 cm³/mol. The molecule has 4 nitrogen and oxygen atoms in total. The highest BCUT2D eigenvalue weighted by molar-refractivity contribution is 7.80. The molecule has 3 rings (SSSR count). The Morgan fingerprint density at radius 2 is 2.12 bits per heavy atom. The van der Waals surface area contributed by atoms with Crippen molar-refractivity contribution in [2.24, 2.45) is 0 Å². The smallest absolute Gasteiger partial charge is 0.173 e. The second kappa shape index (κ2) is 9.40. The summed E-state index contributed by atoms with van der Waals surface area (Å²) >= 11 is 11.8. The maximum atomic E-state index is 6.14. The maximum absolute atomic E-state index is 6.14. The van der Waals surface area contributed by atoms with E-state index in [-0.39, 0.29) is 0 Å². The molecule has 0 spiro atoms. The van der Waals surface area contributed by atoms with Gasteiger partial charge in [0.25, 0.3) is 0 Å². The molecule has 1 saturated heterocycles. The molecule has 1 aliphatic heterocycles. The number of likely N-dealkylation sites (tertiary alicyclic amines) is 1. The first-order chi connectivity index (χ1) is 12.6. The molecule has 0 bridgehead atoms. The molecule has 6 heteroatoms. The van der Waals surface area contributed by atoms with Crippen LogP contribution < -0.4 is 10.2 Å². The first-order valence-electron chi connectivity index (χ1n) is 9.30. The molecule has 0 aliphatic carbocycles. The highest BCUT2D eigenvalue weighted by Gasteiger charge is 2.17. The Hall–Kier alpha value is -1.56.